The summed E-state index contributed by atoms with van der Waals surface area (Å²) in [6, 6.07) is 1.90. The molecule has 1 aliphatic carbocycles. The first-order chi connectivity index (χ1) is 9.72. The third-order valence-corrected chi connectivity index (χ3v) is 4.66. The van der Waals surface area contributed by atoms with E-state index in [0.29, 0.717) is 19.7 Å². The third kappa shape index (κ3) is 3.59. The summed E-state index contributed by atoms with van der Waals surface area (Å²) < 4.78 is 5.82. The summed E-state index contributed by atoms with van der Waals surface area (Å²) in [6.07, 6.45) is 2.90. The molecule has 1 unspecified atom stereocenters. The molecule has 1 atom stereocenters. The lowest BCUT2D eigenvalue weighted by molar-refractivity contribution is -0.0333. The van der Waals surface area contributed by atoms with Crippen LogP contribution in [-0.2, 0) is 4.74 Å². The molecule has 0 spiro atoms. The van der Waals surface area contributed by atoms with Gasteiger partial charge in [-0.15, -0.1) is 0 Å². The molecule has 3 rings (SSSR count). The quantitative estimate of drug-likeness (QED) is 0.832. The first-order valence-electron chi connectivity index (χ1n) is 7.34. The van der Waals surface area contributed by atoms with E-state index in [1.165, 1.54) is 19.4 Å². The molecular weight excluding hydrogens is 272 g/mol. The van der Waals surface area contributed by atoms with Crippen molar-refractivity contribution >= 4 is 17.2 Å². The maximum absolute atomic E-state index is 12.3. The monoisotopic (exact) mass is 294 g/mol. The molecule has 5 heteroatoms. The molecule has 0 N–H and O–H groups in total. The molecule has 0 bridgehead atoms. The van der Waals surface area contributed by atoms with Crippen LogP contribution in [0.3, 0.4) is 0 Å². The second kappa shape index (κ2) is 6.24. The Morgan fingerprint density at radius 2 is 2.35 bits per heavy atom. The Kier molecular flexibility index (Phi) is 4.38. The number of carbonyl (C=O) groups is 1. The van der Waals surface area contributed by atoms with Crippen LogP contribution in [-0.4, -0.2) is 61.6 Å². The van der Waals surface area contributed by atoms with Crippen LogP contribution in [0.2, 0.25) is 0 Å². The van der Waals surface area contributed by atoms with Gasteiger partial charge in [0.25, 0.3) is 5.91 Å². The van der Waals surface area contributed by atoms with Gasteiger partial charge in [0.15, 0.2) is 0 Å². The van der Waals surface area contributed by atoms with Crippen molar-refractivity contribution in [1.29, 1.82) is 0 Å². The Bertz CT molecular complexity index is 445. The minimum absolute atomic E-state index is 0.143. The van der Waals surface area contributed by atoms with Gasteiger partial charge in [0.2, 0.25) is 0 Å². The number of nitrogens with zero attached hydrogens (tertiary/aromatic N) is 2. The number of hydrogen-bond donors (Lipinski definition) is 0. The second-order valence-electron chi connectivity index (χ2n) is 5.92. The van der Waals surface area contributed by atoms with Gasteiger partial charge in [-0.25, -0.2) is 0 Å². The van der Waals surface area contributed by atoms with Crippen molar-refractivity contribution < 1.29 is 9.53 Å². The average Bonchev–Trinajstić information content (AvgIpc) is 3.08. The van der Waals surface area contributed by atoms with Crippen LogP contribution in [0.5, 0.6) is 0 Å². The molecule has 2 aliphatic rings. The summed E-state index contributed by atoms with van der Waals surface area (Å²) in [5, 5.41) is 3.88. The Morgan fingerprint density at radius 3 is 3.05 bits per heavy atom. The van der Waals surface area contributed by atoms with Crippen LogP contribution < -0.4 is 0 Å². The van der Waals surface area contributed by atoms with Crippen LogP contribution >= 0.6 is 11.3 Å². The largest absolute Gasteiger partial charge is 0.373 e. The van der Waals surface area contributed by atoms with Crippen LogP contribution in [0.4, 0.5) is 0 Å². The van der Waals surface area contributed by atoms with Crippen molar-refractivity contribution in [2.24, 2.45) is 5.92 Å². The molecule has 1 aliphatic heterocycles. The summed E-state index contributed by atoms with van der Waals surface area (Å²) in [5.41, 5.74) is 0.807. The van der Waals surface area contributed by atoms with Crippen LogP contribution in [0, 0.1) is 5.92 Å². The van der Waals surface area contributed by atoms with E-state index in [0.717, 1.165) is 18.0 Å². The predicted octanol–water partition coefficient (Wildman–Crippen LogP) is 1.93. The Balaban J connectivity index is 1.51. The van der Waals surface area contributed by atoms with E-state index in [1.54, 1.807) is 11.3 Å². The van der Waals surface area contributed by atoms with E-state index in [4.69, 9.17) is 4.74 Å². The number of morpholine rings is 1. The van der Waals surface area contributed by atoms with E-state index in [9.17, 15) is 4.79 Å². The predicted molar refractivity (Wildman–Crippen MR) is 80.2 cm³/mol. The van der Waals surface area contributed by atoms with Gasteiger partial charge in [0.05, 0.1) is 18.3 Å². The topological polar surface area (TPSA) is 32.8 Å². The van der Waals surface area contributed by atoms with Gasteiger partial charge >= 0.3 is 0 Å². The zero-order valence-corrected chi connectivity index (χ0v) is 12.8. The van der Waals surface area contributed by atoms with E-state index < -0.39 is 0 Å². The highest BCUT2D eigenvalue weighted by Crippen LogP contribution is 2.29. The summed E-state index contributed by atoms with van der Waals surface area (Å²) in [5.74, 6) is 1.04. The van der Waals surface area contributed by atoms with Crippen molar-refractivity contribution in [3.63, 3.8) is 0 Å². The summed E-state index contributed by atoms with van der Waals surface area (Å²) >= 11 is 1.57. The van der Waals surface area contributed by atoms with Crippen molar-refractivity contribution in [2.45, 2.75) is 18.9 Å². The van der Waals surface area contributed by atoms with Gasteiger partial charge in [-0.05, 0) is 37.3 Å². The number of hydrogen-bond acceptors (Lipinski definition) is 4. The fraction of sp³-hybridized carbons (Fsp3) is 0.667. The molecule has 110 valence electrons. The lowest BCUT2D eigenvalue weighted by atomic mass is 10.2. The molecule has 4 nitrogen and oxygen atoms in total. The number of thiophene rings is 1. The fourth-order valence-electron chi connectivity index (χ4n) is 2.75. The molecule has 1 amide bonds. The first-order valence-corrected chi connectivity index (χ1v) is 8.28. The Hall–Kier alpha value is -0.910. The van der Waals surface area contributed by atoms with Gasteiger partial charge in [0, 0.05) is 31.6 Å². The maximum Gasteiger partial charge on any atom is 0.254 e. The van der Waals surface area contributed by atoms with E-state index in [2.05, 4.69) is 11.9 Å². The lowest BCUT2D eigenvalue weighted by Gasteiger charge is -2.34. The van der Waals surface area contributed by atoms with Gasteiger partial charge in [-0.2, -0.15) is 11.3 Å². The second-order valence-corrected chi connectivity index (χ2v) is 6.70. The van der Waals surface area contributed by atoms with E-state index >= 15 is 0 Å². The van der Waals surface area contributed by atoms with Crippen molar-refractivity contribution in [2.75, 3.05) is 39.8 Å². The molecule has 1 saturated heterocycles. The van der Waals surface area contributed by atoms with Crippen molar-refractivity contribution in [3.8, 4) is 0 Å². The standard InChI is InChI=1S/C15H22N2O2S/c1-16(8-12-2-3-12)9-14-10-17(5-6-19-14)15(18)13-4-7-20-11-13/h4,7,11-12,14H,2-3,5-6,8-10H2,1H3. The minimum atomic E-state index is 0.143. The number of carbonyl (C=O) groups excluding carboxylic acids is 1. The molecule has 1 aromatic heterocycles. The number of ether oxygens (including phenoxy) is 1. The highest BCUT2D eigenvalue weighted by atomic mass is 32.1. The summed E-state index contributed by atoms with van der Waals surface area (Å²) in [4.78, 5) is 16.6. The van der Waals surface area contributed by atoms with Gasteiger partial charge in [-0.1, -0.05) is 0 Å². The van der Waals surface area contributed by atoms with Crippen LogP contribution in [0.15, 0.2) is 16.8 Å². The SMILES string of the molecule is CN(CC1CC1)CC1CN(C(=O)c2ccsc2)CCO1. The zero-order chi connectivity index (χ0) is 13.9. The molecule has 0 aromatic carbocycles. The van der Waals surface area contributed by atoms with Gasteiger partial charge in [0.1, 0.15) is 0 Å². The van der Waals surface area contributed by atoms with Crippen LogP contribution in [0.25, 0.3) is 0 Å². The molecule has 20 heavy (non-hydrogen) atoms. The minimum Gasteiger partial charge on any atom is -0.373 e. The molecule has 1 saturated carbocycles. The third-order valence-electron chi connectivity index (χ3n) is 3.98. The molecule has 0 radical (unpaired) electrons. The molecule has 2 heterocycles. The van der Waals surface area contributed by atoms with Crippen molar-refractivity contribution in [1.82, 2.24) is 9.80 Å². The van der Waals surface area contributed by atoms with E-state index in [-0.39, 0.29) is 12.0 Å². The summed E-state index contributed by atoms with van der Waals surface area (Å²) in [7, 11) is 2.15. The lowest BCUT2D eigenvalue weighted by Crippen LogP contribution is -2.49. The smallest absolute Gasteiger partial charge is 0.254 e. The number of amides is 1. The highest BCUT2D eigenvalue weighted by molar-refractivity contribution is 7.08. The fourth-order valence-corrected chi connectivity index (χ4v) is 3.38. The summed E-state index contributed by atoms with van der Waals surface area (Å²) in [6.45, 7) is 4.15. The first kappa shape index (κ1) is 14.0. The van der Waals surface area contributed by atoms with Gasteiger partial charge in [-0.3, -0.25) is 4.79 Å². The van der Waals surface area contributed by atoms with Crippen molar-refractivity contribution in [3.05, 3.63) is 22.4 Å². The molecule has 2 fully saturated rings. The Labute approximate surface area is 124 Å². The van der Waals surface area contributed by atoms with Crippen LogP contribution in [0.1, 0.15) is 23.2 Å². The van der Waals surface area contributed by atoms with Gasteiger partial charge < -0.3 is 14.5 Å². The highest BCUT2D eigenvalue weighted by Gasteiger charge is 2.28. The average molecular weight is 294 g/mol. The maximum atomic E-state index is 12.3. The van der Waals surface area contributed by atoms with E-state index in [1.807, 2.05) is 21.7 Å². The number of rotatable bonds is 5. The normalized spacial score (nSPS) is 23.3. The number of likely N-dealkylation sites (N-methyl/N-ethyl adjacent to an activating group) is 1. The Morgan fingerprint density at radius 1 is 1.50 bits per heavy atom. The molecule has 1 aromatic rings. The zero-order valence-electron chi connectivity index (χ0n) is 12.0. The molecular formula is C15H22N2O2S.